The summed E-state index contributed by atoms with van der Waals surface area (Å²) in [5, 5.41) is 12.5. The number of benzene rings is 2. The molecule has 0 radical (unpaired) electrons. The first-order valence-corrected chi connectivity index (χ1v) is 10.6. The van der Waals surface area contributed by atoms with Gasteiger partial charge in [-0.1, -0.05) is 24.6 Å². The van der Waals surface area contributed by atoms with Crippen LogP contribution in [0.25, 0.3) is 22.3 Å². The van der Waals surface area contributed by atoms with E-state index in [0.717, 1.165) is 54.5 Å². The summed E-state index contributed by atoms with van der Waals surface area (Å²) < 4.78 is 18.7. The van der Waals surface area contributed by atoms with Crippen LogP contribution in [0.4, 0.5) is 10.1 Å². The second-order valence-electron chi connectivity index (χ2n) is 8.10. The standard InChI is InChI=1S/C24H24FN5O/c1-29-15-16(18-7-4-5-8-21(18)29)13-23(31)26-17-10-11-20(25)19(14-17)24-28-27-22-9-3-2-6-12-30(22)24/h4-5,7-8,10-11,14-15H,2-3,6,9,12-13H2,1H3,(H,26,31). The molecule has 7 heteroatoms. The number of aromatic nitrogens is 4. The molecule has 1 amide bonds. The first kappa shape index (κ1) is 19.5. The number of hydrogen-bond donors (Lipinski definition) is 1. The molecule has 0 fully saturated rings. The lowest BCUT2D eigenvalue weighted by molar-refractivity contribution is -0.115. The zero-order chi connectivity index (χ0) is 21.4. The molecule has 2 aromatic heterocycles. The third kappa shape index (κ3) is 3.71. The van der Waals surface area contributed by atoms with Crippen LogP contribution in [-0.4, -0.2) is 25.2 Å². The fourth-order valence-corrected chi connectivity index (χ4v) is 4.40. The van der Waals surface area contributed by atoms with Gasteiger partial charge in [0, 0.05) is 42.8 Å². The van der Waals surface area contributed by atoms with Crippen LogP contribution in [0, 0.1) is 5.82 Å². The number of anilines is 1. The summed E-state index contributed by atoms with van der Waals surface area (Å²) in [5.41, 5.74) is 2.96. The van der Waals surface area contributed by atoms with Crippen molar-refractivity contribution < 1.29 is 9.18 Å². The second kappa shape index (κ2) is 7.98. The molecule has 0 atom stereocenters. The maximum atomic E-state index is 14.7. The number of amides is 1. The Morgan fingerprint density at radius 1 is 1.13 bits per heavy atom. The van der Waals surface area contributed by atoms with Crippen molar-refractivity contribution in [3.63, 3.8) is 0 Å². The van der Waals surface area contributed by atoms with Crippen LogP contribution in [0.1, 0.15) is 30.7 Å². The summed E-state index contributed by atoms with van der Waals surface area (Å²) >= 11 is 0. The molecular formula is C24H24FN5O. The molecule has 1 aliphatic rings. The Hall–Kier alpha value is -3.48. The number of carbonyl (C=O) groups is 1. The van der Waals surface area contributed by atoms with E-state index in [2.05, 4.69) is 15.5 Å². The quantitative estimate of drug-likeness (QED) is 0.532. The van der Waals surface area contributed by atoms with Crippen LogP contribution in [-0.2, 0) is 31.2 Å². The Bertz CT molecular complexity index is 1270. The van der Waals surface area contributed by atoms with Gasteiger partial charge in [0.25, 0.3) is 0 Å². The number of fused-ring (bicyclic) bond motifs is 2. The van der Waals surface area contributed by atoms with Gasteiger partial charge in [0.05, 0.1) is 12.0 Å². The van der Waals surface area contributed by atoms with E-state index in [4.69, 9.17) is 0 Å². The van der Waals surface area contributed by atoms with E-state index >= 15 is 0 Å². The minimum absolute atomic E-state index is 0.144. The minimum Gasteiger partial charge on any atom is -0.350 e. The van der Waals surface area contributed by atoms with Gasteiger partial charge in [0.1, 0.15) is 11.6 Å². The van der Waals surface area contributed by atoms with Crippen molar-refractivity contribution in [3.8, 4) is 11.4 Å². The Kier molecular flexibility index (Phi) is 5.02. The number of rotatable bonds is 4. The van der Waals surface area contributed by atoms with Crippen molar-refractivity contribution in [3.05, 3.63) is 65.9 Å². The van der Waals surface area contributed by atoms with E-state index in [1.165, 1.54) is 6.07 Å². The van der Waals surface area contributed by atoms with Gasteiger partial charge in [-0.25, -0.2) is 4.39 Å². The summed E-state index contributed by atoms with van der Waals surface area (Å²) in [4.78, 5) is 12.7. The third-order valence-electron chi connectivity index (χ3n) is 5.93. The highest BCUT2D eigenvalue weighted by Crippen LogP contribution is 2.28. The van der Waals surface area contributed by atoms with E-state index in [9.17, 15) is 9.18 Å². The third-order valence-corrected chi connectivity index (χ3v) is 5.93. The van der Waals surface area contributed by atoms with Crippen LogP contribution >= 0.6 is 0 Å². The number of halogens is 1. The van der Waals surface area contributed by atoms with Gasteiger partial charge in [-0.05, 0) is 42.7 Å². The van der Waals surface area contributed by atoms with Gasteiger partial charge in [0.2, 0.25) is 5.91 Å². The molecule has 0 bridgehead atoms. The van der Waals surface area contributed by atoms with E-state index in [1.54, 1.807) is 12.1 Å². The fourth-order valence-electron chi connectivity index (χ4n) is 4.40. The molecule has 0 spiro atoms. The Morgan fingerprint density at radius 3 is 2.90 bits per heavy atom. The lowest BCUT2D eigenvalue weighted by Crippen LogP contribution is -2.14. The highest BCUT2D eigenvalue weighted by atomic mass is 19.1. The monoisotopic (exact) mass is 417 g/mol. The van der Waals surface area contributed by atoms with Crippen LogP contribution in [0.2, 0.25) is 0 Å². The molecule has 1 aliphatic heterocycles. The van der Waals surface area contributed by atoms with Crippen LogP contribution in [0.3, 0.4) is 0 Å². The summed E-state index contributed by atoms with van der Waals surface area (Å²) in [6.45, 7) is 0.786. The fraction of sp³-hybridized carbons (Fsp3) is 0.292. The van der Waals surface area contributed by atoms with Crippen molar-refractivity contribution in [2.45, 2.75) is 38.6 Å². The topological polar surface area (TPSA) is 64.7 Å². The van der Waals surface area contributed by atoms with Crippen molar-refractivity contribution in [2.75, 3.05) is 5.32 Å². The molecule has 0 saturated carbocycles. The van der Waals surface area contributed by atoms with Gasteiger partial charge in [-0.15, -0.1) is 10.2 Å². The van der Waals surface area contributed by atoms with Crippen molar-refractivity contribution in [2.24, 2.45) is 7.05 Å². The van der Waals surface area contributed by atoms with Crippen molar-refractivity contribution >= 4 is 22.5 Å². The molecule has 31 heavy (non-hydrogen) atoms. The number of nitrogens with zero attached hydrogens (tertiary/aromatic N) is 4. The van der Waals surface area contributed by atoms with Crippen molar-refractivity contribution in [1.29, 1.82) is 0 Å². The summed E-state index contributed by atoms with van der Waals surface area (Å²) in [7, 11) is 1.97. The SMILES string of the molecule is Cn1cc(CC(=O)Nc2ccc(F)c(-c3nnc4n3CCCCC4)c2)c2ccccc21. The summed E-state index contributed by atoms with van der Waals surface area (Å²) in [6.07, 6.45) is 6.32. The zero-order valence-electron chi connectivity index (χ0n) is 17.4. The highest BCUT2D eigenvalue weighted by Gasteiger charge is 2.19. The maximum absolute atomic E-state index is 14.7. The molecule has 2 aromatic carbocycles. The van der Waals surface area contributed by atoms with Gasteiger partial charge in [-0.3, -0.25) is 4.79 Å². The number of aryl methyl sites for hydroxylation is 2. The van der Waals surface area contributed by atoms with Gasteiger partial charge >= 0.3 is 0 Å². The maximum Gasteiger partial charge on any atom is 0.228 e. The van der Waals surface area contributed by atoms with E-state index < -0.39 is 0 Å². The van der Waals surface area contributed by atoms with Crippen LogP contribution in [0.5, 0.6) is 0 Å². The number of hydrogen-bond acceptors (Lipinski definition) is 3. The van der Waals surface area contributed by atoms with Crippen LogP contribution < -0.4 is 5.32 Å². The molecule has 3 heterocycles. The van der Waals surface area contributed by atoms with Gasteiger partial charge in [0.15, 0.2) is 5.82 Å². The average molecular weight is 417 g/mol. The zero-order valence-corrected chi connectivity index (χ0v) is 17.4. The smallest absolute Gasteiger partial charge is 0.228 e. The van der Waals surface area contributed by atoms with Crippen molar-refractivity contribution in [1.82, 2.24) is 19.3 Å². The molecule has 4 aromatic rings. The first-order valence-electron chi connectivity index (χ1n) is 10.6. The summed E-state index contributed by atoms with van der Waals surface area (Å²) in [6, 6.07) is 12.6. The Balaban J connectivity index is 1.39. The molecule has 0 saturated heterocycles. The predicted octanol–water partition coefficient (Wildman–Crippen LogP) is 4.48. The lowest BCUT2D eigenvalue weighted by atomic mass is 10.1. The highest BCUT2D eigenvalue weighted by molar-refractivity contribution is 5.96. The molecule has 1 N–H and O–H groups in total. The minimum atomic E-state index is -0.369. The summed E-state index contributed by atoms with van der Waals surface area (Å²) in [5.74, 6) is 0.914. The largest absolute Gasteiger partial charge is 0.350 e. The second-order valence-corrected chi connectivity index (χ2v) is 8.10. The molecule has 158 valence electrons. The normalized spacial score (nSPS) is 13.7. The van der Waals surface area contributed by atoms with Gasteiger partial charge < -0.3 is 14.5 Å². The molecule has 0 unspecified atom stereocenters. The Labute approximate surface area is 179 Å². The predicted molar refractivity (Wildman–Crippen MR) is 118 cm³/mol. The average Bonchev–Trinajstić information content (AvgIpc) is 3.21. The van der Waals surface area contributed by atoms with Crippen LogP contribution in [0.15, 0.2) is 48.7 Å². The number of nitrogens with one attached hydrogen (secondary N) is 1. The molecule has 0 aliphatic carbocycles. The van der Waals surface area contributed by atoms with E-state index in [0.29, 0.717) is 17.1 Å². The molecule has 6 nitrogen and oxygen atoms in total. The molecule has 5 rings (SSSR count). The Morgan fingerprint density at radius 2 is 2.00 bits per heavy atom. The van der Waals surface area contributed by atoms with E-state index in [1.807, 2.05) is 46.6 Å². The lowest BCUT2D eigenvalue weighted by Gasteiger charge is -2.10. The molecular weight excluding hydrogens is 393 g/mol. The number of carbonyl (C=O) groups excluding carboxylic acids is 1. The number of para-hydroxylation sites is 1. The van der Waals surface area contributed by atoms with Gasteiger partial charge in [-0.2, -0.15) is 0 Å². The first-order chi connectivity index (χ1) is 15.1. The van der Waals surface area contributed by atoms with E-state index in [-0.39, 0.29) is 18.1 Å².